The van der Waals surface area contributed by atoms with Crippen molar-refractivity contribution in [3.05, 3.63) is 47.3 Å². The normalized spacial score (nSPS) is 17.2. The van der Waals surface area contributed by atoms with Crippen LogP contribution in [0, 0.1) is 6.92 Å². The predicted octanol–water partition coefficient (Wildman–Crippen LogP) is 1.46. The Morgan fingerprint density at radius 3 is 3.00 bits per heavy atom. The van der Waals surface area contributed by atoms with E-state index in [9.17, 15) is 4.79 Å². The third-order valence-electron chi connectivity index (χ3n) is 3.45. The van der Waals surface area contributed by atoms with Gasteiger partial charge in [-0.25, -0.2) is 0 Å². The summed E-state index contributed by atoms with van der Waals surface area (Å²) < 4.78 is 7.27. The van der Waals surface area contributed by atoms with Crippen LogP contribution in [0.3, 0.4) is 0 Å². The Kier molecular flexibility index (Phi) is 3.18. The Hall–Kier alpha value is -2.30. The van der Waals surface area contributed by atoms with Crippen molar-refractivity contribution in [1.29, 1.82) is 0 Å². The van der Waals surface area contributed by atoms with Crippen molar-refractivity contribution in [2.45, 2.75) is 19.4 Å². The molecule has 3 rings (SSSR count). The highest BCUT2D eigenvalue weighted by molar-refractivity contribution is 5.92. The summed E-state index contributed by atoms with van der Waals surface area (Å²) >= 11 is 0. The topological polar surface area (TPSA) is 56.1 Å². The molecule has 2 aromatic rings. The van der Waals surface area contributed by atoms with Gasteiger partial charge < -0.3 is 10.1 Å². The van der Waals surface area contributed by atoms with E-state index in [-0.39, 0.29) is 11.9 Å². The minimum Gasteiger partial charge on any atom is -0.491 e. The van der Waals surface area contributed by atoms with Crippen LogP contribution < -0.4 is 10.1 Å². The molecule has 0 saturated carbocycles. The van der Waals surface area contributed by atoms with Gasteiger partial charge in [0.25, 0.3) is 5.91 Å². The molecule has 1 amide bonds. The highest BCUT2D eigenvalue weighted by Crippen LogP contribution is 2.23. The lowest BCUT2D eigenvalue weighted by molar-refractivity contribution is 0.0906. The first kappa shape index (κ1) is 12.7. The Morgan fingerprint density at radius 2 is 2.25 bits per heavy atom. The zero-order valence-corrected chi connectivity index (χ0v) is 11.6. The lowest BCUT2D eigenvalue weighted by Crippen LogP contribution is -2.43. The van der Waals surface area contributed by atoms with E-state index < -0.39 is 0 Å². The Labute approximate surface area is 117 Å². The first-order chi connectivity index (χ1) is 9.63. The number of hydrogen-bond donors (Lipinski definition) is 1. The number of nitrogens with one attached hydrogen (secondary N) is 1. The minimum atomic E-state index is -0.110. The summed E-state index contributed by atoms with van der Waals surface area (Å²) in [4.78, 5) is 12.2. The number of fused-ring (bicyclic) bond motifs is 1. The van der Waals surface area contributed by atoms with Crippen LogP contribution in [-0.4, -0.2) is 28.3 Å². The summed E-state index contributed by atoms with van der Waals surface area (Å²) in [6.45, 7) is 2.37. The second-order valence-corrected chi connectivity index (χ2v) is 5.09. The van der Waals surface area contributed by atoms with E-state index in [1.54, 1.807) is 17.8 Å². The molecule has 0 bridgehead atoms. The standard InChI is InChI=1S/C15H17N3O2/c1-10-7-13(18(2)17-10)15(19)16-12-8-11-5-3-4-6-14(11)20-9-12/h3-7,12H,8-9H2,1-2H3,(H,16,19). The first-order valence-corrected chi connectivity index (χ1v) is 6.65. The fourth-order valence-corrected chi connectivity index (χ4v) is 2.50. The highest BCUT2D eigenvalue weighted by Gasteiger charge is 2.22. The van der Waals surface area contributed by atoms with Crippen molar-refractivity contribution < 1.29 is 9.53 Å². The van der Waals surface area contributed by atoms with Gasteiger partial charge in [0.2, 0.25) is 0 Å². The van der Waals surface area contributed by atoms with Gasteiger partial charge in [-0.15, -0.1) is 0 Å². The fraction of sp³-hybridized carbons (Fsp3) is 0.333. The molecule has 0 spiro atoms. The second kappa shape index (κ2) is 5.00. The van der Waals surface area contributed by atoms with E-state index in [0.717, 1.165) is 23.4 Å². The molecule has 0 aliphatic carbocycles. The maximum absolute atomic E-state index is 12.2. The zero-order chi connectivity index (χ0) is 14.1. The molecule has 0 saturated heterocycles. The molecule has 1 atom stereocenters. The molecular weight excluding hydrogens is 254 g/mol. The summed E-state index contributed by atoms with van der Waals surface area (Å²) in [5.74, 6) is 0.801. The molecule has 5 heteroatoms. The molecule has 20 heavy (non-hydrogen) atoms. The average molecular weight is 271 g/mol. The molecule has 5 nitrogen and oxygen atoms in total. The number of ether oxygens (including phenoxy) is 1. The first-order valence-electron chi connectivity index (χ1n) is 6.65. The Bertz CT molecular complexity index is 648. The van der Waals surface area contributed by atoms with Gasteiger partial charge in [-0.2, -0.15) is 5.10 Å². The summed E-state index contributed by atoms with van der Waals surface area (Å²) in [6, 6.07) is 9.70. The van der Waals surface area contributed by atoms with Crippen molar-refractivity contribution in [1.82, 2.24) is 15.1 Å². The zero-order valence-electron chi connectivity index (χ0n) is 11.6. The van der Waals surface area contributed by atoms with Crippen molar-refractivity contribution in [3.63, 3.8) is 0 Å². The molecule has 0 fully saturated rings. The smallest absolute Gasteiger partial charge is 0.269 e. The molecule has 1 aliphatic rings. The number of nitrogens with zero attached hydrogens (tertiary/aromatic N) is 2. The Morgan fingerprint density at radius 1 is 1.45 bits per heavy atom. The van der Waals surface area contributed by atoms with Crippen LogP contribution in [0.2, 0.25) is 0 Å². The van der Waals surface area contributed by atoms with Crippen LogP contribution in [0.5, 0.6) is 5.75 Å². The number of para-hydroxylation sites is 1. The number of carbonyl (C=O) groups excluding carboxylic acids is 1. The molecule has 1 N–H and O–H groups in total. The molecule has 1 aromatic heterocycles. The van der Waals surface area contributed by atoms with Crippen molar-refractivity contribution >= 4 is 5.91 Å². The van der Waals surface area contributed by atoms with Crippen LogP contribution in [0.25, 0.3) is 0 Å². The number of aromatic nitrogens is 2. The molecule has 0 radical (unpaired) electrons. The average Bonchev–Trinajstić information content (AvgIpc) is 2.78. The van der Waals surface area contributed by atoms with Gasteiger partial charge in [-0.3, -0.25) is 9.48 Å². The van der Waals surface area contributed by atoms with E-state index in [2.05, 4.69) is 10.4 Å². The Balaban J connectivity index is 1.71. The van der Waals surface area contributed by atoms with E-state index in [1.165, 1.54) is 0 Å². The van der Waals surface area contributed by atoms with Crippen LogP contribution in [0.1, 0.15) is 21.7 Å². The summed E-state index contributed by atoms with van der Waals surface area (Å²) in [7, 11) is 1.77. The number of aryl methyl sites for hydroxylation is 2. The number of rotatable bonds is 2. The van der Waals surface area contributed by atoms with Crippen LogP contribution >= 0.6 is 0 Å². The van der Waals surface area contributed by atoms with E-state index in [0.29, 0.717) is 12.3 Å². The molecule has 1 unspecified atom stereocenters. The quantitative estimate of drug-likeness (QED) is 0.899. The van der Waals surface area contributed by atoms with E-state index >= 15 is 0 Å². The van der Waals surface area contributed by atoms with Gasteiger partial charge in [-0.1, -0.05) is 18.2 Å². The van der Waals surface area contributed by atoms with E-state index in [1.807, 2.05) is 31.2 Å². The molecule has 2 heterocycles. The monoisotopic (exact) mass is 271 g/mol. The van der Waals surface area contributed by atoms with Crippen molar-refractivity contribution in [2.24, 2.45) is 7.05 Å². The third-order valence-corrected chi connectivity index (χ3v) is 3.45. The summed E-state index contributed by atoms with van der Waals surface area (Å²) in [6.07, 6.45) is 0.790. The lowest BCUT2D eigenvalue weighted by Gasteiger charge is -2.25. The number of hydrogen-bond acceptors (Lipinski definition) is 3. The third kappa shape index (κ3) is 2.39. The SMILES string of the molecule is Cc1cc(C(=O)NC2COc3ccccc3C2)n(C)n1. The predicted molar refractivity (Wildman–Crippen MR) is 74.8 cm³/mol. The number of carbonyl (C=O) groups is 1. The summed E-state index contributed by atoms with van der Waals surface area (Å²) in [5.41, 5.74) is 2.54. The second-order valence-electron chi connectivity index (χ2n) is 5.09. The van der Waals surface area contributed by atoms with Crippen LogP contribution in [0.4, 0.5) is 0 Å². The molecule has 1 aliphatic heterocycles. The lowest BCUT2D eigenvalue weighted by atomic mass is 10.0. The fourth-order valence-electron chi connectivity index (χ4n) is 2.50. The largest absolute Gasteiger partial charge is 0.491 e. The van der Waals surface area contributed by atoms with E-state index in [4.69, 9.17) is 4.74 Å². The van der Waals surface area contributed by atoms with Gasteiger partial charge in [0.15, 0.2) is 0 Å². The van der Waals surface area contributed by atoms with Gasteiger partial charge >= 0.3 is 0 Å². The maximum atomic E-state index is 12.2. The molecule has 1 aromatic carbocycles. The van der Waals surface area contributed by atoms with Crippen molar-refractivity contribution in [3.8, 4) is 5.75 Å². The van der Waals surface area contributed by atoms with Crippen LogP contribution in [-0.2, 0) is 13.5 Å². The minimum absolute atomic E-state index is 0.00685. The molecular formula is C15H17N3O2. The summed E-state index contributed by atoms with van der Waals surface area (Å²) in [5, 5.41) is 7.19. The van der Waals surface area contributed by atoms with Crippen LogP contribution in [0.15, 0.2) is 30.3 Å². The highest BCUT2D eigenvalue weighted by atomic mass is 16.5. The number of benzene rings is 1. The number of amides is 1. The van der Waals surface area contributed by atoms with Gasteiger partial charge in [0.05, 0.1) is 11.7 Å². The van der Waals surface area contributed by atoms with Gasteiger partial charge in [0.1, 0.15) is 18.1 Å². The van der Waals surface area contributed by atoms with Crippen molar-refractivity contribution in [2.75, 3.05) is 6.61 Å². The van der Waals surface area contributed by atoms with Gasteiger partial charge in [-0.05, 0) is 31.0 Å². The van der Waals surface area contributed by atoms with Gasteiger partial charge in [0, 0.05) is 7.05 Å². The molecule has 104 valence electrons. The maximum Gasteiger partial charge on any atom is 0.269 e.